The van der Waals surface area contributed by atoms with Gasteiger partial charge in [0.1, 0.15) is 5.75 Å². The van der Waals surface area contributed by atoms with Crippen molar-refractivity contribution in [2.24, 2.45) is 0 Å². The van der Waals surface area contributed by atoms with Crippen molar-refractivity contribution in [3.63, 3.8) is 0 Å². The minimum absolute atomic E-state index is 0.0514. The zero-order valence-corrected chi connectivity index (χ0v) is 16.9. The molecular formula is C23H29N3O3. The van der Waals surface area contributed by atoms with Gasteiger partial charge in [0, 0.05) is 36.1 Å². The van der Waals surface area contributed by atoms with E-state index in [1.165, 1.54) is 0 Å². The molecule has 2 amide bonds. The number of benzene rings is 2. The number of amides is 2. The van der Waals surface area contributed by atoms with E-state index in [9.17, 15) is 9.59 Å². The van der Waals surface area contributed by atoms with Crippen LogP contribution in [0.25, 0.3) is 0 Å². The van der Waals surface area contributed by atoms with Crippen LogP contribution in [0.1, 0.15) is 43.0 Å². The minimum Gasteiger partial charge on any atom is -0.494 e. The van der Waals surface area contributed by atoms with Crippen molar-refractivity contribution in [1.82, 2.24) is 4.90 Å². The van der Waals surface area contributed by atoms with Crippen LogP contribution in [0.15, 0.2) is 48.5 Å². The third-order valence-electron chi connectivity index (χ3n) is 4.84. The van der Waals surface area contributed by atoms with Crippen LogP contribution in [-0.4, -0.2) is 43.0 Å². The molecule has 2 aromatic rings. The number of ether oxygens (including phenoxy) is 1. The van der Waals surface area contributed by atoms with Crippen molar-refractivity contribution < 1.29 is 14.3 Å². The summed E-state index contributed by atoms with van der Waals surface area (Å²) in [5.74, 6) is 0.639. The van der Waals surface area contributed by atoms with Gasteiger partial charge in [-0.3, -0.25) is 9.59 Å². The lowest BCUT2D eigenvalue weighted by Gasteiger charge is -2.16. The highest BCUT2D eigenvalue weighted by molar-refractivity contribution is 5.96. The molecule has 1 heterocycles. The molecule has 0 atom stereocenters. The highest BCUT2D eigenvalue weighted by Gasteiger charge is 2.19. The highest BCUT2D eigenvalue weighted by atomic mass is 16.5. The van der Waals surface area contributed by atoms with Crippen molar-refractivity contribution in [3.8, 4) is 5.75 Å². The van der Waals surface area contributed by atoms with Gasteiger partial charge >= 0.3 is 0 Å². The summed E-state index contributed by atoms with van der Waals surface area (Å²) >= 11 is 0. The summed E-state index contributed by atoms with van der Waals surface area (Å²) in [4.78, 5) is 26.7. The Balaban J connectivity index is 1.51. The van der Waals surface area contributed by atoms with E-state index in [0.717, 1.165) is 50.2 Å². The Kier molecular flexibility index (Phi) is 7.50. The maximum Gasteiger partial charge on any atom is 0.253 e. The lowest BCUT2D eigenvalue weighted by Crippen LogP contribution is -2.27. The molecule has 0 aromatic heterocycles. The van der Waals surface area contributed by atoms with E-state index < -0.39 is 0 Å². The Labute approximate surface area is 172 Å². The summed E-state index contributed by atoms with van der Waals surface area (Å²) in [5, 5.41) is 5.96. The average Bonchev–Trinajstić information content (AvgIpc) is 3.27. The fourth-order valence-electron chi connectivity index (χ4n) is 3.25. The van der Waals surface area contributed by atoms with Crippen LogP contribution < -0.4 is 15.4 Å². The molecule has 0 unspecified atom stereocenters. The summed E-state index contributed by atoms with van der Waals surface area (Å²) in [7, 11) is 0. The fourth-order valence-corrected chi connectivity index (χ4v) is 3.25. The van der Waals surface area contributed by atoms with Crippen molar-refractivity contribution in [2.75, 3.05) is 36.9 Å². The average molecular weight is 396 g/mol. The van der Waals surface area contributed by atoms with E-state index in [2.05, 4.69) is 17.6 Å². The van der Waals surface area contributed by atoms with Gasteiger partial charge in [-0.15, -0.1) is 0 Å². The summed E-state index contributed by atoms with van der Waals surface area (Å²) in [6.45, 7) is 4.54. The van der Waals surface area contributed by atoms with E-state index >= 15 is 0 Å². The van der Waals surface area contributed by atoms with Crippen LogP contribution in [-0.2, 0) is 4.79 Å². The largest absolute Gasteiger partial charge is 0.494 e. The Bertz CT molecular complexity index is 832. The van der Waals surface area contributed by atoms with E-state index in [4.69, 9.17) is 4.74 Å². The number of rotatable bonds is 9. The number of nitrogens with one attached hydrogen (secondary N) is 2. The van der Waals surface area contributed by atoms with Gasteiger partial charge in [-0.05, 0) is 49.6 Å². The van der Waals surface area contributed by atoms with Gasteiger partial charge in [-0.25, -0.2) is 0 Å². The molecule has 3 rings (SSSR count). The molecule has 0 saturated carbocycles. The summed E-state index contributed by atoms with van der Waals surface area (Å²) < 4.78 is 5.67. The molecule has 0 bridgehead atoms. The topological polar surface area (TPSA) is 70.7 Å². The SMILES string of the molecule is CCCCOc1cccc(NC(=O)CNc2cccc(C(=O)N3CCCC3)c2)c1. The molecule has 0 spiro atoms. The molecular weight excluding hydrogens is 366 g/mol. The molecule has 1 fully saturated rings. The first-order chi connectivity index (χ1) is 14.2. The van der Waals surface area contributed by atoms with Gasteiger partial charge in [0.2, 0.25) is 5.91 Å². The van der Waals surface area contributed by atoms with E-state index in [0.29, 0.717) is 17.9 Å². The molecule has 1 saturated heterocycles. The van der Waals surface area contributed by atoms with Crippen molar-refractivity contribution in [3.05, 3.63) is 54.1 Å². The molecule has 2 aromatic carbocycles. The zero-order chi connectivity index (χ0) is 20.5. The minimum atomic E-state index is -0.160. The molecule has 0 aliphatic carbocycles. The number of unbranched alkanes of at least 4 members (excludes halogenated alkanes) is 1. The lowest BCUT2D eigenvalue weighted by molar-refractivity contribution is -0.114. The molecule has 29 heavy (non-hydrogen) atoms. The third kappa shape index (κ3) is 6.24. The normalized spacial score (nSPS) is 13.2. The first-order valence-corrected chi connectivity index (χ1v) is 10.3. The van der Waals surface area contributed by atoms with Crippen LogP contribution in [0.2, 0.25) is 0 Å². The fraction of sp³-hybridized carbons (Fsp3) is 0.391. The van der Waals surface area contributed by atoms with Crippen LogP contribution in [0.4, 0.5) is 11.4 Å². The first-order valence-electron chi connectivity index (χ1n) is 10.3. The second-order valence-electron chi connectivity index (χ2n) is 7.21. The predicted molar refractivity (Wildman–Crippen MR) is 116 cm³/mol. The Morgan fingerprint density at radius 3 is 2.59 bits per heavy atom. The third-order valence-corrected chi connectivity index (χ3v) is 4.84. The maximum atomic E-state index is 12.5. The second kappa shape index (κ2) is 10.5. The highest BCUT2D eigenvalue weighted by Crippen LogP contribution is 2.18. The van der Waals surface area contributed by atoms with Gasteiger partial charge in [0.25, 0.3) is 5.91 Å². The molecule has 6 nitrogen and oxygen atoms in total. The quantitative estimate of drug-likeness (QED) is 0.626. The van der Waals surface area contributed by atoms with Gasteiger partial charge in [-0.2, -0.15) is 0 Å². The number of hydrogen-bond donors (Lipinski definition) is 2. The second-order valence-corrected chi connectivity index (χ2v) is 7.21. The standard InChI is InChI=1S/C23H29N3O3/c1-2-3-14-29-21-11-7-10-20(16-21)25-22(27)17-24-19-9-6-8-18(15-19)23(28)26-12-4-5-13-26/h6-11,15-16,24H,2-5,12-14,17H2,1H3,(H,25,27). The molecule has 1 aliphatic heterocycles. The predicted octanol–water partition coefficient (Wildman–Crippen LogP) is 4.15. The zero-order valence-electron chi connectivity index (χ0n) is 16.9. The summed E-state index contributed by atoms with van der Waals surface area (Å²) in [6, 6.07) is 14.7. The van der Waals surface area contributed by atoms with Crippen LogP contribution in [0.5, 0.6) is 5.75 Å². The molecule has 154 valence electrons. The van der Waals surface area contributed by atoms with Gasteiger partial charge in [-0.1, -0.05) is 25.5 Å². The summed E-state index contributed by atoms with van der Waals surface area (Å²) in [5.41, 5.74) is 2.10. The Morgan fingerprint density at radius 2 is 1.79 bits per heavy atom. The van der Waals surface area contributed by atoms with Crippen LogP contribution in [0, 0.1) is 0 Å². The van der Waals surface area contributed by atoms with E-state index in [1.807, 2.05) is 47.4 Å². The number of nitrogens with zero attached hydrogens (tertiary/aromatic N) is 1. The van der Waals surface area contributed by atoms with Gasteiger partial charge in [0.05, 0.1) is 13.2 Å². The number of carbonyl (C=O) groups is 2. The van der Waals surface area contributed by atoms with Gasteiger partial charge < -0.3 is 20.3 Å². The number of likely N-dealkylation sites (tertiary alicyclic amines) is 1. The van der Waals surface area contributed by atoms with E-state index in [1.54, 1.807) is 6.07 Å². The Hall–Kier alpha value is -3.02. The number of hydrogen-bond acceptors (Lipinski definition) is 4. The van der Waals surface area contributed by atoms with Crippen LogP contribution in [0.3, 0.4) is 0 Å². The van der Waals surface area contributed by atoms with Crippen molar-refractivity contribution >= 4 is 23.2 Å². The molecule has 0 radical (unpaired) electrons. The van der Waals surface area contributed by atoms with E-state index in [-0.39, 0.29) is 18.4 Å². The van der Waals surface area contributed by atoms with Crippen molar-refractivity contribution in [2.45, 2.75) is 32.6 Å². The monoisotopic (exact) mass is 395 g/mol. The van der Waals surface area contributed by atoms with Crippen molar-refractivity contribution in [1.29, 1.82) is 0 Å². The van der Waals surface area contributed by atoms with Crippen LogP contribution >= 0.6 is 0 Å². The number of carbonyl (C=O) groups excluding carboxylic acids is 2. The lowest BCUT2D eigenvalue weighted by atomic mass is 10.1. The maximum absolute atomic E-state index is 12.5. The Morgan fingerprint density at radius 1 is 1.03 bits per heavy atom. The summed E-state index contributed by atoms with van der Waals surface area (Å²) in [6.07, 6.45) is 4.20. The van der Waals surface area contributed by atoms with Gasteiger partial charge in [0.15, 0.2) is 0 Å². The first kappa shape index (κ1) is 20.7. The number of anilines is 2. The smallest absolute Gasteiger partial charge is 0.253 e. The molecule has 2 N–H and O–H groups in total. The molecule has 1 aliphatic rings. The molecule has 6 heteroatoms.